The first-order chi connectivity index (χ1) is 8.49. The number of phenolic OH excluding ortho intramolecular Hbond substituents is 1. The van der Waals surface area contributed by atoms with E-state index in [9.17, 15) is 9.90 Å². The van der Waals surface area contributed by atoms with Crippen molar-refractivity contribution in [2.24, 2.45) is 11.7 Å². The Labute approximate surface area is 110 Å². The molecule has 0 radical (unpaired) electrons. The van der Waals surface area contributed by atoms with Gasteiger partial charge in [0, 0.05) is 35.2 Å². The number of aromatic hydroxyl groups is 1. The lowest BCUT2D eigenvalue weighted by Crippen LogP contribution is -2.45. The summed E-state index contributed by atoms with van der Waals surface area (Å²) < 4.78 is 0. The lowest BCUT2D eigenvalue weighted by atomic mass is 9.91. The second-order valence-corrected chi connectivity index (χ2v) is 4.89. The molecule has 4 N–H and O–H groups in total. The van der Waals surface area contributed by atoms with Crippen LogP contribution in [0.5, 0.6) is 5.75 Å². The van der Waals surface area contributed by atoms with E-state index in [1.54, 1.807) is 25.1 Å². The number of primary amides is 1. The van der Waals surface area contributed by atoms with Gasteiger partial charge in [-0.1, -0.05) is 11.6 Å². The van der Waals surface area contributed by atoms with Gasteiger partial charge < -0.3 is 16.2 Å². The number of hydrogen-bond acceptors (Lipinski definition) is 3. The number of hydrogen-bond donors (Lipinski definition) is 3. The van der Waals surface area contributed by atoms with E-state index in [-0.39, 0.29) is 11.7 Å². The van der Waals surface area contributed by atoms with E-state index in [1.807, 2.05) is 0 Å². The first-order valence-electron chi connectivity index (χ1n) is 5.70. The average molecular weight is 267 g/mol. The predicted octanol–water partition coefficient (Wildman–Crippen LogP) is 1.44. The predicted molar refractivity (Wildman–Crippen MR) is 71.4 cm³/mol. The molecular weight excluding hydrogens is 252 g/mol. The van der Waals surface area contributed by atoms with Crippen LogP contribution in [0.4, 0.5) is 0 Å². The van der Waals surface area contributed by atoms with Gasteiger partial charge in [0.15, 0.2) is 0 Å². The zero-order chi connectivity index (χ0) is 13.3. The molecule has 1 heterocycles. The molecule has 1 aliphatic rings. The summed E-state index contributed by atoms with van der Waals surface area (Å²) in [5.41, 5.74) is 7.19. The van der Waals surface area contributed by atoms with Gasteiger partial charge in [0.1, 0.15) is 5.75 Å². The van der Waals surface area contributed by atoms with Gasteiger partial charge in [-0.05, 0) is 30.7 Å². The maximum atomic E-state index is 11.4. The van der Waals surface area contributed by atoms with Crippen molar-refractivity contribution in [3.05, 3.63) is 33.9 Å². The standard InChI is InChI=1S/C13H15ClN2O2/c1-7-2-12(17)8(4-11(7)14)3-10(13(15)18)9-5-16-6-9/h2-4,9,16-17H,5-6H2,1H3,(H2,15,18). The van der Waals surface area contributed by atoms with Gasteiger partial charge in [0.05, 0.1) is 0 Å². The maximum Gasteiger partial charge on any atom is 0.245 e. The number of rotatable bonds is 3. The van der Waals surface area contributed by atoms with E-state index in [1.165, 1.54) is 0 Å². The molecule has 0 aromatic heterocycles. The van der Waals surface area contributed by atoms with Crippen LogP contribution in [-0.4, -0.2) is 24.1 Å². The van der Waals surface area contributed by atoms with Gasteiger partial charge in [-0.3, -0.25) is 4.79 Å². The first-order valence-corrected chi connectivity index (χ1v) is 6.08. The fraction of sp³-hybridized carbons (Fsp3) is 0.308. The lowest BCUT2D eigenvalue weighted by molar-refractivity contribution is -0.115. The molecule has 0 aliphatic carbocycles. The Kier molecular flexibility index (Phi) is 3.59. The van der Waals surface area contributed by atoms with Gasteiger partial charge >= 0.3 is 0 Å². The van der Waals surface area contributed by atoms with Crippen molar-refractivity contribution < 1.29 is 9.90 Å². The molecule has 2 rings (SSSR count). The molecule has 0 atom stereocenters. The molecule has 18 heavy (non-hydrogen) atoms. The quantitative estimate of drug-likeness (QED) is 0.725. The van der Waals surface area contributed by atoms with Crippen LogP contribution in [0.1, 0.15) is 11.1 Å². The van der Waals surface area contributed by atoms with Crippen molar-refractivity contribution in [1.82, 2.24) is 5.32 Å². The molecule has 0 saturated carbocycles. The minimum atomic E-state index is -0.461. The number of aryl methyl sites for hydroxylation is 1. The highest BCUT2D eigenvalue weighted by Crippen LogP contribution is 2.29. The molecule has 0 spiro atoms. The summed E-state index contributed by atoms with van der Waals surface area (Å²) in [5, 5.41) is 13.5. The third-order valence-electron chi connectivity index (χ3n) is 3.12. The number of amides is 1. The second-order valence-electron chi connectivity index (χ2n) is 4.48. The number of halogens is 1. The Morgan fingerprint density at radius 1 is 1.56 bits per heavy atom. The smallest absolute Gasteiger partial charge is 0.245 e. The Bertz CT molecular complexity index is 522. The van der Waals surface area contributed by atoms with Crippen molar-refractivity contribution in [1.29, 1.82) is 0 Å². The third-order valence-corrected chi connectivity index (χ3v) is 3.53. The summed E-state index contributed by atoms with van der Waals surface area (Å²) in [5.74, 6) is -0.248. The summed E-state index contributed by atoms with van der Waals surface area (Å²) in [6.45, 7) is 3.27. The van der Waals surface area contributed by atoms with Crippen LogP contribution in [0.3, 0.4) is 0 Å². The summed E-state index contributed by atoms with van der Waals surface area (Å²) in [7, 11) is 0. The van der Waals surface area contributed by atoms with Gasteiger partial charge in [-0.25, -0.2) is 0 Å². The molecule has 4 nitrogen and oxygen atoms in total. The minimum Gasteiger partial charge on any atom is -0.507 e. The van der Waals surface area contributed by atoms with Crippen LogP contribution in [0.2, 0.25) is 5.02 Å². The fourth-order valence-corrected chi connectivity index (χ4v) is 2.04. The Morgan fingerprint density at radius 2 is 2.22 bits per heavy atom. The van der Waals surface area contributed by atoms with Gasteiger partial charge in [0.25, 0.3) is 0 Å². The lowest BCUT2D eigenvalue weighted by Gasteiger charge is -2.28. The van der Waals surface area contributed by atoms with Crippen LogP contribution >= 0.6 is 11.6 Å². The molecule has 0 unspecified atom stereocenters. The molecule has 1 fully saturated rings. The molecule has 5 heteroatoms. The number of nitrogens with one attached hydrogen (secondary N) is 1. The third kappa shape index (κ3) is 2.49. The fourth-order valence-electron chi connectivity index (χ4n) is 1.86. The topological polar surface area (TPSA) is 75.3 Å². The van der Waals surface area contributed by atoms with Crippen LogP contribution in [0.25, 0.3) is 6.08 Å². The largest absolute Gasteiger partial charge is 0.507 e. The highest BCUT2D eigenvalue weighted by molar-refractivity contribution is 6.31. The van der Waals surface area contributed by atoms with Gasteiger partial charge in [-0.2, -0.15) is 0 Å². The number of phenols is 1. The first kappa shape index (κ1) is 12.9. The van der Waals surface area contributed by atoms with Crippen molar-refractivity contribution >= 4 is 23.6 Å². The van der Waals surface area contributed by atoms with Crippen molar-refractivity contribution in [2.45, 2.75) is 6.92 Å². The molecule has 1 aliphatic heterocycles. The normalized spacial score (nSPS) is 16.4. The number of carbonyl (C=O) groups excluding carboxylic acids is 1. The highest BCUT2D eigenvalue weighted by Gasteiger charge is 2.25. The van der Waals surface area contributed by atoms with E-state index in [4.69, 9.17) is 17.3 Å². The van der Waals surface area contributed by atoms with Gasteiger partial charge in [-0.15, -0.1) is 0 Å². The average Bonchev–Trinajstić information content (AvgIpc) is 2.21. The molecule has 1 saturated heterocycles. The number of nitrogens with two attached hydrogens (primary N) is 1. The Hall–Kier alpha value is -1.52. The van der Waals surface area contributed by atoms with Crippen LogP contribution in [0.15, 0.2) is 17.7 Å². The molecule has 1 amide bonds. The van der Waals surface area contributed by atoms with Crippen molar-refractivity contribution in [2.75, 3.05) is 13.1 Å². The van der Waals surface area contributed by atoms with Crippen LogP contribution < -0.4 is 11.1 Å². The SMILES string of the molecule is Cc1cc(O)c(C=C(C(N)=O)C2CNC2)cc1Cl. The van der Waals surface area contributed by atoms with E-state index >= 15 is 0 Å². The monoisotopic (exact) mass is 266 g/mol. The maximum absolute atomic E-state index is 11.4. The Balaban J connectivity index is 2.40. The number of carbonyl (C=O) groups is 1. The molecular formula is C13H15ClN2O2. The Morgan fingerprint density at radius 3 is 2.72 bits per heavy atom. The van der Waals surface area contributed by atoms with E-state index < -0.39 is 5.91 Å². The highest BCUT2D eigenvalue weighted by atomic mass is 35.5. The zero-order valence-electron chi connectivity index (χ0n) is 10.0. The van der Waals surface area contributed by atoms with E-state index in [0.717, 1.165) is 18.7 Å². The summed E-state index contributed by atoms with van der Waals surface area (Å²) >= 11 is 6.01. The minimum absolute atomic E-state index is 0.0999. The summed E-state index contributed by atoms with van der Waals surface area (Å²) in [6, 6.07) is 3.22. The van der Waals surface area contributed by atoms with Crippen LogP contribution in [0, 0.1) is 12.8 Å². The second kappa shape index (κ2) is 5.00. The van der Waals surface area contributed by atoms with Crippen molar-refractivity contribution in [3.8, 4) is 5.75 Å². The van der Waals surface area contributed by atoms with E-state index in [2.05, 4.69) is 5.32 Å². The summed E-state index contributed by atoms with van der Waals surface area (Å²) in [6.07, 6.45) is 1.62. The zero-order valence-corrected chi connectivity index (χ0v) is 10.8. The molecule has 1 aromatic rings. The molecule has 0 bridgehead atoms. The van der Waals surface area contributed by atoms with Crippen LogP contribution in [-0.2, 0) is 4.79 Å². The van der Waals surface area contributed by atoms with Gasteiger partial charge in [0.2, 0.25) is 5.91 Å². The number of benzene rings is 1. The van der Waals surface area contributed by atoms with Crippen molar-refractivity contribution in [3.63, 3.8) is 0 Å². The summed E-state index contributed by atoms with van der Waals surface area (Å²) in [4.78, 5) is 11.4. The molecule has 96 valence electrons. The van der Waals surface area contributed by atoms with E-state index in [0.29, 0.717) is 16.2 Å². The molecule has 1 aromatic carbocycles.